The Bertz CT molecular complexity index is 714. The molecule has 0 unspecified atom stereocenters. The molecule has 0 aliphatic carbocycles. The third kappa shape index (κ3) is 2.59. The van der Waals surface area contributed by atoms with Gasteiger partial charge >= 0.3 is 5.97 Å². The van der Waals surface area contributed by atoms with Gasteiger partial charge in [-0.1, -0.05) is 36.0 Å². The number of fused-ring (bicyclic) bond motifs is 2. The van der Waals surface area contributed by atoms with Gasteiger partial charge in [0.1, 0.15) is 6.10 Å². The molecule has 0 amide bonds. The van der Waals surface area contributed by atoms with Crippen molar-refractivity contribution in [3.8, 4) is 0 Å². The van der Waals surface area contributed by atoms with E-state index in [0.29, 0.717) is 0 Å². The molecule has 0 N–H and O–H groups in total. The number of hydrogen-bond acceptors (Lipinski definition) is 4. The molecule has 3 rings (SSSR count). The highest BCUT2D eigenvalue weighted by molar-refractivity contribution is 7.99. The van der Waals surface area contributed by atoms with Gasteiger partial charge < -0.3 is 9.64 Å². The fourth-order valence-electron chi connectivity index (χ4n) is 2.85. The van der Waals surface area contributed by atoms with Crippen LogP contribution in [0.3, 0.4) is 0 Å². The molecule has 4 heteroatoms. The van der Waals surface area contributed by atoms with Crippen molar-refractivity contribution in [1.82, 2.24) is 0 Å². The Morgan fingerprint density at radius 2 is 1.91 bits per heavy atom. The van der Waals surface area contributed by atoms with E-state index in [1.807, 2.05) is 19.1 Å². The zero-order valence-corrected chi connectivity index (χ0v) is 13.8. The van der Waals surface area contributed by atoms with Crippen LogP contribution in [0.5, 0.6) is 0 Å². The van der Waals surface area contributed by atoms with Crippen LogP contribution in [-0.2, 0) is 9.53 Å². The molecule has 0 aromatic heterocycles. The molecule has 0 saturated heterocycles. The van der Waals surface area contributed by atoms with Crippen LogP contribution in [0.25, 0.3) is 0 Å². The second kappa shape index (κ2) is 6.05. The molecule has 2 aromatic carbocycles. The first kappa shape index (κ1) is 15.0. The quantitative estimate of drug-likeness (QED) is 0.751. The summed E-state index contributed by atoms with van der Waals surface area (Å²) >= 11 is 1.75. The van der Waals surface area contributed by atoms with E-state index in [2.05, 4.69) is 42.2 Å². The van der Waals surface area contributed by atoms with Gasteiger partial charge in [-0.05, 0) is 32.0 Å². The zero-order chi connectivity index (χ0) is 15.7. The Labute approximate surface area is 135 Å². The molecule has 1 atom stereocenters. The molecule has 114 valence electrons. The van der Waals surface area contributed by atoms with Crippen LogP contribution >= 0.6 is 11.8 Å². The highest BCUT2D eigenvalue weighted by Crippen LogP contribution is 2.50. The van der Waals surface area contributed by atoms with Gasteiger partial charge in [0.05, 0.1) is 11.4 Å². The molecular weight excluding hydrogens is 294 g/mol. The Morgan fingerprint density at radius 1 is 1.18 bits per heavy atom. The number of hydrogen-bond donors (Lipinski definition) is 0. The lowest BCUT2D eigenvalue weighted by Gasteiger charge is -2.33. The Balaban J connectivity index is 2.09. The van der Waals surface area contributed by atoms with E-state index in [9.17, 15) is 4.79 Å². The summed E-state index contributed by atoms with van der Waals surface area (Å²) in [5.41, 5.74) is 3.48. The number of carbonyl (C=O) groups is 1. The average Bonchev–Trinajstić information content (AvgIpc) is 2.51. The molecule has 1 aliphatic heterocycles. The van der Waals surface area contributed by atoms with Gasteiger partial charge in [-0.3, -0.25) is 4.79 Å². The zero-order valence-electron chi connectivity index (χ0n) is 13.0. The summed E-state index contributed by atoms with van der Waals surface area (Å²) < 4.78 is 5.39. The monoisotopic (exact) mass is 313 g/mol. The van der Waals surface area contributed by atoms with Gasteiger partial charge in [0.2, 0.25) is 0 Å². The molecule has 1 aliphatic rings. The van der Waals surface area contributed by atoms with Gasteiger partial charge in [0, 0.05) is 28.8 Å². The van der Waals surface area contributed by atoms with E-state index in [1.165, 1.54) is 28.1 Å². The Morgan fingerprint density at radius 3 is 2.64 bits per heavy atom. The maximum absolute atomic E-state index is 11.3. The normalized spacial score (nSPS) is 14.0. The summed E-state index contributed by atoms with van der Waals surface area (Å²) in [6.45, 7) is 6.43. The smallest absolute Gasteiger partial charge is 0.303 e. The first-order valence-electron chi connectivity index (χ1n) is 7.46. The van der Waals surface area contributed by atoms with Crippen molar-refractivity contribution in [3.63, 3.8) is 0 Å². The second-order valence-electron chi connectivity index (χ2n) is 5.26. The van der Waals surface area contributed by atoms with Gasteiger partial charge in [0.15, 0.2) is 0 Å². The van der Waals surface area contributed by atoms with Gasteiger partial charge in [-0.15, -0.1) is 0 Å². The van der Waals surface area contributed by atoms with E-state index in [4.69, 9.17) is 4.74 Å². The fourth-order valence-corrected chi connectivity index (χ4v) is 4.13. The van der Waals surface area contributed by atoms with Crippen molar-refractivity contribution in [3.05, 3.63) is 48.0 Å². The molecule has 3 nitrogen and oxygen atoms in total. The lowest BCUT2D eigenvalue weighted by Crippen LogP contribution is -2.21. The van der Waals surface area contributed by atoms with Gasteiger partial charge in [-0.25, -0.2) is 0 Å². The van der Waals surface area contributed by atoms with Crippen LogP contribution in [0.1, 0.15) is 32.4 Å². The molecule has 2 aromatic rings. The molecular formula is C18H19NO2S. The van der Waals surface area contributed by atoms with Gasteiger partial charge in [-0.2, -0.15) is 0 Å². The van der Waals surface area contributed by atoms with Crippen LogP contribution in [0.15, 0.2) is 52.3 Å². The lowest BCUT2D eigenvalue weighted by molar-refractivity contribution is -0.145. The van der Waals surface area contributed by atoms with Crippen molar-refractivity contribution < 1.29 is 9.53 Å². The molecule has 22 heavy (non-hydrogen) atoms. The van der Waals surface area contributed by atoms with Crippen LogP contribution in [0.4, 0.5) is 11.4 Å². The minimum absolute atomic E-state index is 0.246. The number of para-hydroxylation sites is 1. The third-order valence-corrected chi connectivity index (χ3v) is 4.99. The summed E-state index contributed by atoms with van der Waals surface area (Å²) in [6.07, 6.45) is -0.246. The Hall–Kier alpha value is -1.94. The minimum Gasteiger partial charge on any atom is -0.458 e. The SMILES string of the molecule is CCN1c2ccccc2Sc2c([C@H](C)OC(C)=O)cccc21. The van der Waals surface area contributed by atoms with E-state index in [1.54, 1.807) is 11.8 Å². The molecule has 0 bridgehead atoms. The number of carbonyl (C=O) groups excluding carboxylic acids is 1. The number of esters is 1. The van der Waals surface area contributed by atoms with Crippen molar-refractivity contribution in [2.24, 2.45) is 0 Å². The largest absolute Gasteiger partial charge is 0.458 e. The van der Waals surface area contributed by atoms with E-state index in [0.717, 1.165) is 12.1 Å². The molecule has 0 spiro atoms. The van der Waals surface area contributed by atoms with Crippen molar-refractivity contribution in [2.45, 2.75) is 36.7 Å². The summed E-state index contributed by atoms with van der Waals surface area (Å²) in [7, 11) is 0. The standard InChI is InChI=1S/C18H19NO2S/c1-4-19-15-9-5-6-11-17(15)22-18-14(8-7-10-16(18)19)12(2)21-13(3)20/h5-12H,4H2,1-3H3/t12-/m0/s1. The first-order chi connectivity index (χ1) is 10.6. The van der Waals surface area contributed by atoms with Gasteiger partial charge in [0.25, 0.3) is 0 Å². The predicted octanol–water partition coefficient (Wildman–Crippen LogP) is 4.93. The van der Waals surface area contributed by atoms with Crippen molar-refractivity contribution >= 4 is 29.1 Å². The van der Waals surface area contributed by atoms with Crippen LogP contribution in [-0.4, -0.2) is 12.5 Å². The highest BCUT2D eigenvalue weighted by atomic mass is 32.2. The third-order valence-electron chi connectivity index (χ3n) is 3.78. The summed E-state index contributed by atoms with van der Waals surface area (Å²) in [4.78, 5) is 16.0. The van der Waals surface area contributed by atoms with E-state index in [-0.39, 0.29) is 12.1 Å². The van der Waals surface area contributed by atoms with Crippen LogP contribution < -0.4 is 4.90 Å². The van der Waals surface area contributed by atoms with E-state index >= 15 is 0 Å². The number of rotatable bonds is 3. The maximum atomic E-state index is 11.3. The number of benzene rings is 2. The second-order valence-corrected chi connectivity index (χ2v) is 6.31. The van der Waals surface area contributed by atoms with Crippen molar-refractivity contribution in [1.29, 1.82) is 0 Å². The van der Waals surface area contributed by atoms with E-state index < -0.39 is 0 Å². The Kier molecular flexibility index (Phi) is 4.12. The summed E-state index contributed by atoms with van der Waals surface area (Å²) in [5, 5.41) is 0. The number of anilines is 2. The molecule has 1 heterocycles. The minimum atomic E-state index is -0.251. The number of nitrogens with zero attached hydrogens (tertiary/aromatic N) is 1. The molecule has 0 fully saturated rings. The van der Waals surface area contributed by atoms with Crippen LogP contribution in [0, 0.1) is 0 Å². The lowest BCUT2D eigenvalue weighted by atomic mass is 10.1. The average molecular weight is 313 g/mol. The first-order valence-corrected chi connectivity index (χ1v) is 8.28. The van der Waals surface area contributed by atoms with Crippen molar-refractivity contribution in [2.75, 3.05) is 11.4 Å². The van der Waals surface area contributed by atoms with Crippen LogP contribution in [0.2, 0.25) is 0 Å². The topological polar surface area (TPSA) is 29.5 Å². The number of ether oxygens (including phenoxy) is 1. The maximum Gasteiger partial charge on any atom is 0.303 e. The predicted molar refractivity (Wildman–Crippen MR) is 89.9 cm³/mol. The summed E-state index contributed by atoms with van der Waals surface area (Å²) in [6, 6.07) is 14.6. The molecule has 0 radical (unpaired) electrons. The highest BCUT2D eigenvalue weighted by Gasteiger charge is 2.26. The fraction of sp³-hybridized carbons (Fsp3) is 0.278. The summed E-state index contributed by atoms with van der Waals surface area (Å²) in [5.74, 6) is -0.251. The molecule has 0 saturated carbocycles.